The molecule has 0 aromatic heterocycles. The normalized spacial score (nSPS) is 26.9. The zero-order chi connectivity index (χ0) is 15.2. The van der Waals surface area contributed by atoms with Crippen molar-refractivity contribution in [3.05, 3.63) is 42.5 Å². The highest BCUT2D eigenvalue weighted by molar-refractivity contribution is 7.89. The second-order valence-electron chi connectivity index (χ2n) is 6.40. The molecular weight excluding hydrogens is 332 g/mol. The highest BCUT2D eigenvalue weighted by Gasteiger charge is 2.35. The molecule has 0 amide bonds. The molecule has 2 aromatic carbocycles. The second-order valence-corrected chi connectivity index (χ2v) is 8.09. The Kier molecular flexibility index (Phi) is 4.65. The van der Waals surface area contributed by atoms with Gasteiger partial charge in [0.05, 0.1) is 4.90 Å². The van der Waals surface area contributed by atoms with Crippen LogP contribution in [-0.2, 0) is 10.0 Å². The summed E-state index contributed by atoms with van der Waals surface area (Å²) in [5, 5.41) is 5.28. The number of halogens is 1. The lowest BCUT2D eigenvalue weighted by Gasteiger charge is -2.29. The molecule has 2 fully saturated rings. The van der Waals surface area contributed by atoms with Crippen molar-refractivity contribution < 1.29 is 8.42 Å². The van der Waals surface area contributed by atoms with Gasteiger partial charge in [-0.1, -0.05) is 36.4 Å². The van der Waals surface area contributed by atoms with Gasteiger partial charge >= 0.3 is 0 Å². The minimum atomic E-state index is -3.48. The van der Waals surface area contributed by atoms with E-state index in [1.807, 2.05) is 36.4 Å². The van der Waals surface area contributed by atoms with Crippen LogP contribution in [0, 0.1) is 0 Å². The van der Waals surface area contributed by atoms with E-state index in [-0.39, 0.29) is 18.4 Å². The Bertz CT molecular complexity index is 792. The van der Waals surface area contributed by atoms with Crippen molar-refractivity contribution in [3.63, 3.8) is 0 Å². The summed E-state index contributed by atoms with van der Waals surface area (Å²) in [4.78, 5) is 0.386. The van der Waals surface area contributed by atoms with E-state index in [1.54, 1.807) is 6.07 Å². The zero-order valence-electron chi connectivity index (χ0n) is 12.7. The quantitative estimate of drug-likeness (QED) is 0.893. The van der Waals surface area contributed by atoms with Crippen molar-refractivity contribution in [1.82, 2.24) is 10.0 Å². The number of rotatable bonds is 3. The van der Waals surface area contributed by atoms with E-state index in [4.69, 9.17) is 0 Å². The standard InChI is InChI=1S/C17H20N2O2S.ClH/c20-22(21,19-15-10-13-8-9-14(11-15)18-13)17-7-3-5-12-4-1-2-6-16(12)17;/h1-7,13-15,18-19H,8-11H2;1H. The van der Waals surface area contributed by atoms with Crippen LogP contribution in [0.15, 0.2) is 47.4 Å². The maximum absolute atomic E-state index is 12.8. The zero-order valence-corrected chi connectivity index (χ0v) is 14.4. The molecule has 2 atom stereocenters. The Morgan fingerprint density at radius 1 is 0.957 bits per heavy atom. The maximum atomic E-state index is 12.8. The van der Waals surface area contributed by atoms with Crippen LogP contribution in [-0.4, -0.2) is 26.5 Å². The van der Waals surface area contributed by atoms with Gasteiger partial charge in [0.1, 0.15) is 0 Å². The van der Waals surface area contributed by atoms with Gasteiger partial charge in [-0.15, -0.1) is 12.4 Å². The molecule has 2 aliphatic rings. The first-order valence-electron chi connectivity index (χ1n) is 7.88. The molecule has 2 bridgehead atoms. The average molecular weight is 353 g/mol. The van der Waals surface area contributed by atoms with Gasteiger partial charge in [-0.05, 0) is 37.1 Å². The van der Waals surface area contributed by atoms with Gasteiger partial charge in [0.15, 0.2) is 0 Å². The SMILES string of the molecule is Cl.O=S(=O)(NC1CC2CCC(C1)N2)c1cccc2ccccc12. The molecule has 2 saturated heterocycles. The Balaban J connectivity index is 0.00000156. The molecule has 4 nitrogen and oxygen atoms in total. The molecule has 124 valence electrons. The number of benzene rings is 2. The lowest BCUT2D eigenvalue weighted by Crippen LogP contribution is -2.47. The molecule has 0 saturated carbocycles. The summed E-state index contributed by atoms with van der Waals surface area (Å²) in [5.41, 5.74) is 0. The molecule has 0 radical (unpaired) electrons. The molecule has 2 N–H and O–H groups in total. The van der Waals surface area contributed by atoms with Crippen LogP contribution in [0.4, 0.5) is 0 Å². The molecular formula is C17H21ClN2O2S. The van der Waals surface area contributed by atoms with Crippen LogP contribution in [0.2, 0.25) is 0 Å². The highest BCUT2D eigenvalue weighted by atomic mass is 35.5. The van der Waals surface area contributed by atoms with Crippen LogP contribution in [0.5, 0.6) is 0 Å². The number of nitrogens with one attached hydrogen (secondary N) is 2. The fourth-order valence-electron chi connectivity index (χ4n) is 3.87. The summed E-state index contributed by atoms with van der Waals surface area (Å²) in [5.74, 6) is 0. The molecule has 0 spiro atoms. The van der Waals surface area contributed by atoms with E-state index < -0.39 is 10.0 Å². The minimum Gasteiger partial charge on any atom is -0.311 e. The van der Waals surface area contributed by atoms with Crippen molar-refractivity contribution in [2.45, 2.75) is 48.7 Å². The summed E-state index contributed by atoms with van der Waals surface area (Å²) in [6.07, 6.45) is 4.11. The maximum Gasteiger partial charge on any atom is 0.241 e. The largest absolute Gasteiger partial charge is 0.311 e. The summed E-state index contributed by atoms with van der Waals surface area (Å²) in [7, 11) is -3.48. The predicted molar refractivity (Wildman–Crippen MR) is 94.5 cm³/mol. The van der Waals surface area contributed by atoms with E-state index in [2.05, 4.69) is 10.0 Å². The van der Waals surface area contributed by atoms with E-state index in [0.29, 0.717) is 17.0 Å². The van der Waals surface area contributed by atoms with E-state index in [0.717, 1.165) is 36.5 Å². The minimum absolute atomic E-state index is 0. The van der Waals surface area contributed by atoms with E-state index >= 15 is 0 Å². The summed E-state index contributed by atoms with van der Waals surface area (Å²) in [6, 6.07) is 14.1. The molecule has 2 aromatic rings. The molecule has 2 heterocycles. The third-order valence-electron chi connectivity index (χ3n) is 4.83. The van der Waals surface area contributed by atoms with Crippen LogP contribution in [0.3, 0.4) is 0 Å². The predicted octanol–water partition coefficient (Wildman–Crippen LogP) is 2.82. The Labute approximate surface area is 143 Å². The van der Waals surface area contributed by atoms with Crippen molar-refractivity contribution in [2.24, 2.45) is 0 Å². The number of hydrogen-bond donors (Lipinski definition) is 2. The second kappa shape index (κ2) is 6.40. The van der Waals surface area contributed by atoms with Gasteiger partial charge in [-0.3, -0.25) is 0 Å². The third kappa shape index (κ3) is 3.24. The number of fused-ring (bicyclic) bond motifs is 3. The molecule has 2 unspecified atom stereocenters. The van der Waals surface area contributed by atoms with Crippen LogP contribution in [0.25, 0.3) is 10.8 Å². The van der Waals surface area contributed by atoms with Gasteiger partial charge in [0.25, 0.3) is 0 Å². The van der Waals surface area contributed by atoms with Gasteiger partial charge < -0.3 is 5.32 Å². The van der Waals surface area contributed by atoms with E-state index in [1.165, 1.54) is 0 Å². The highest BCUT2D eigenvalue weighted by Crippen LogP contribution is 2.29. The monoisotopic (exact) mass is 352 g/mol. The first-order chi connectivity index (χ1) is 10.6. The van der Waals surface area contributed by atoms with Crippen molar-refractivity contribution in [3.8, 4) is 0 Å². The first kappa shape index (κ1) is 16.7. The molecule has 6 heteroatoms. The Morgan fingerprint density at radius 3 is 2.35 bits per heavy atom. The topological polar surface area (TPSA) is 58.2 Å². The van der Waals surface area contributed by atoms with Gasteiger partial charge in [0, 0.05) is 23.5 Å². The average Bonchev–Trinajstić information content (AvgIpc) is 2.85. The Hall–Kier alpha value is -1.14. The third-order valence-corrected chi connectivity index (χ3v) is 6.41. The van der Waals surface area contributed by atoms with Crippen molar-refractivity contribution in [2.75, 3.05) is 0 Å². The number of sulfonamides is 1. The first-order valence-corrected chi connectivity index (χ1v) is 9.36. The molecule has 4 rings (SSSR count). The molecule has 23 heavy (non-hydrogen) atoms. The summed E-state index contributed by atoms with van der Waals surface area (Å²) < 4.78 is 28.6. The lowest BCUT2D eigenvalue weighted by molar-refractivity contribution is 0.345. The fourth-order valence-corrected chi connectivity index (χ4v) is 5.36. The van der Waals surface area contributed by atoms with Gasteiger partial charge in [-0.25, -0.2) is 13.1 Å². The van der Waals surface area contributed by atoms with Crippen molar-refractivity contribution >= 4 is 33.2 Å². The smallest absolute Gasteiger partial charge is 0.241 e. The summed E-state index contributed by atoms with van der Waals surface area (Å²) in [6.45, 7) is 0. The Morgan fingerprint density at radius 2 is 1.61 bits per heavy atom. The van der Waals surface area contributed by atoms with E-state index in [9.17, 15) is 8.42 Å². The van der Waals surface area contributed by atoms with Gasteiger partial charge in [0.2, 0.25) is 10.0 Å². The molecule has 2 aliphatic heterocycles. The lowest BCUT2D eigenvalue weighted by atomic mass is 10.0. The van der Waals surface area contributed by atoms with Crippen LogP contribution in [0.1, 0.15) is 25.7 Å². The van der Waals surface area contributed by atoms with Crippen LogP contribution < -0.4 is 10.0 Å². The fraction of sp³-hybridized carbons (Fsp3) is 0.412. The van der Waals surface area contributed by atoms with Crippen molar-refractivity contribution in [1.29, 1.82) is 0 Å². The van der Waals surface area contributed by atoms with Crippen LogP contribution >= 0.6 is 12.4 Å². The van der Waals surface area contributed by atoms with Gasteiger partial charge in [-0.2, -0.15) is 0 Å². The summed E-state index contributed by atoms with van der Waals surface area (Å²) >= 11 is 0. The molecule has 0 aliphatic carbocycles. The number of hydrogen-bond acceptors (Lipinski definition) is 3. The number of piperidine rings is 1.